The van der Waals surface area contributed by atoms with E-state index in [4.69, 9.17) is 9.72 Å². The number of amides is 1. The molecule has 0 aliphatic rings. The zero-order valence-corrected chi connectivity index (χ0v) is 18.0. The summed E-state index contributed by atoms with van der Waals surface area (Å²) in [5.74, 6) is 1.20. The molecule has 0 fully saturated rings. The molecule has 0 saturated heterocycles. The van der Waals surface area contributed by atoms with Crippen LogP contribution in [0.3, 0.4) is 0 Å². The SMILES string of the molecule is O=C(c1cccc(Oc2ccccc2)c1)N(CCn1cccn1)c1nc2ccccc2s1. The maximum atomic E-state index is 13.6. The van der Waals surface area contributed by atoms with Crippen molar-refractivity contribution in [3.8, 4) is 11.5 Å². The highest BCUT2D eigenvalue weighted by atomic mass is 32.1. The number of aromatic nitrogens is 3. The van der Waals surface area contributed by atoms with E-state index in [1.807, 2.05) is 83.7 Å². The second kappa shape index (κ2) is 9.03. The molecule has 1 amide bonds. The molecule has 32 heavy (non-hydrogen) atoms. The van der Waals surface area contributed by atoms with Gasteiger partial charge in [-0.2, -0.15) is 5.10 Å². The molecule has 5 aromatic rings. The highest BCUT2D eigenvalue weighted by Crippen LogP contribution is 2.30. The van der Waals surface area contributed by atoms with E-state index in [0.29, 0.717) is 29.5 Å². The van der Waals surface area contributed by atoms with Crippen molar-refractivity contribution >= 4 is 32.6 Å². The van der Waals surface area contributed by atoms with Gasteiger partial charge in [0.05, 0.1) is 16.8 Å². The Hall–Kier alpha value is -3.97. The zero-order chi connectivity index (χ0) is 21.8. The Labute approximate surface area is 189 Å². The summed E-state index contributed by atoms with van der Waals surface area (Å²) in [6.45, 7) is 1.01. The van der Waals surface area contributed by atoms with E-state index in [-0.39, 0.29) is 5.91 Å². The predicted molar refractivity (Wildman–Crippen MR) is 126 cm³/mol. The Morgan fingerprint density at radius 2 is 1.75 bits per heavy atom. The largest absolute Gasteiger partial charge is 0.457 e. The number of para-hydroxylation sites is 2. The number of hydrogen-bond donors (Lipinski definition) is 0. The van der Waals surface area contributed by atoms with Crippen LogP contribution >= 0.6 is 11.3 Å². The van der Waals surface area contributed by atoms with E-state index in [0.717, 1.165) is 16.0 Å². The van der Waals surface area contributed by atoms with Gasteiger partial charge in [0.1, 0.15) is 11.5 Å². The number of benzene rings is 3. The maximum absolute atomic E-state index is 13.6. The van der Waals surface area contributed by atoms with Gasteiger partial charge in [0.2, 0.25) is 0 Å². The lowest BCUT2D eigenvalue weighted by Gasteiger charge is -2.20. The van der Waals surface area contributed by atoms with Gasteiger partial charge in [-0.1, -0.05) is 47.7 Å². The quantitative estimate of drug-likeness (QED) is 0.329. The minimum atomic E-state index is -0.130. The Morgan fingerprint density at radius 3 is 2.56 bits per heavy atom. The van der Waals surface area contributed by atoms with Crippen molar-refractivity contribution in [3.63, 3.8) is 0 Å². The third kappa shape index (κ3) is 4.38. The highest BCUT2D eigenvalue weighted by Gasteiger charge is 2.22. The highest BCUT2D eigenvalue weighted by molar-refractivity contribution is 7.22. The summed E-state index contributed by atoms with van der Waals surface area (Å²) in [5.41, 5.74) is 1.42. The van der Waals surface area contributed by atoms with E-state index in [2.05, 4.69) is 5.10 Å². The number of nitrogens with zero attached hydrogens (tertiary/aromatic N) is 4. The first-order valence-electron chi connectivity index (χ1n) is 10.2. The molecule has 0 aliphatic carbocycles. The first kappa shape index (κ1) is 20.0. The Balaban J connectivity index is 1.45. The van der Waals surface area contributed by atoms with Crippen LogP contribution in [0.5, 0.6) is 11.5 Å². The Bertz CT molecular complexity index is 1300. The summed E-state index contributed by atoms with van der Waals surface area (Å²) in [5, 5.41) is 4.92. The van der Waals surface area contributed by atoms with Crippen LogP contribution in [-0.4, -0.2) is 27.2 Å². The van der Waals surface area contributed by atoms with Crippen molar-refractivity contribution in [1.29, 1.82) is 0 Å². The minimum absolute atomic E-state index is 0.130. The van der Waals surface area contributed by atoms with Crippen molar-refractivity contribution in [2.24, 2.45) is 0 Å². The topological polar surface area (TPSA) is 60.2 Å². The van der Waals surface area contributed by atoms with Crippen LogP contribution in [-0.2, 0) is 6.54 Å². The molecule has 2 aromatic heterocycles. The number of fused-ring (bicyclic) bond motifs is 1. The van der Waals surface area contributed by atoms with Crippen molar-refractivity contribution in [1.82, 2.24) is 14.8 Å². The van der Waals surface area contributed by atoms with Gasteiger partial charge in [0.15, 0.2) is 5.13 Å². The fraction of sp³-hybridized carbons (Fsp3) is 0.0800. The maximum Gasteiger partial charge on any atom is 0.260 e. The van der Waals surface area contributed by atoms with Crippen LogP contribution in [0.2, 0.25) is 0 Å². The molecule has 5 rings (SSSR count). The molecule has 158 valence electrons. The number of carbonyl (C=O) groups excluding carboxylic acids is 1. The summed E-state index contributed by atoms with van der Waals surface area (Å²) in [6, 6.07) is 26.5. The van der Waals surface area contributed by atoms with Crippen LogP contribution in [0.15, 0.2) is 97.3 Å². The van der Waals surface area contributed by atoms with Gasteiger partial charge < -0.3 is 4.74 Å². The first-order chi connectivity index (χ1) is 15.8. The van der Waals surface area contributed by atoms with Gasteiger partial charge in [-0.05, 0) is 48.5 Å². The summed E-state index contributed by atoms with van der Waals surface area (Å²) < 4.78 is 8.77. The van der Waals surface area contributed by atoms with Crippen molar-refractivity contribution in [3.05, 3.63) is 103 Å². The van der Waals surface area contributed by atoms with Crippen molar-refractivity contribution in [2.75, 3.05) is 11.4 Å². The fourth-order valence-electron chi connectivity index (χ4n) is 3.37. The molecule has 0 atom stereocenters. The molecule has 6 nitrogen and oxygen atoms in total. The van der Waals surface area contributed by atoms with Crippen LogP contribution in [0.4, 0.5) is 5.13 Å². The Kier molecular flexibility index (Phi) is 5.63. The molecule has 0 unspecified atom stereocenters. The van der Waals surface area contributed by atoms with Crippen molar-refractivity contribution < 1.29 is 9.53 Å². The summed E-state index contributed by atoms with van der Waals surface area (Å²) in [7, 11) is 0. The lowest BCUT2D eigenvalue weighted by Crippen LogP contribution is -2.34. The molecule has 0 saturated carbocycles. The smallest absolute Gasteiger partial charge is 0.260 e. The van der Waals surface area contributed by atoms with E-state index in [9.17, 15) is 4.79 Å². The molecule has 3 aromatic carbocycles. The summed E-state index contributed by atoms with van der Waals surface area (Å²) in [6.07, 6.45) is 3.61. The van der Waals surface area contributed by atoms with Gasteiger partial charge >= 0.3 is 0 Å². The molecule has 2 heterocycles. The van der Waals surface area contributed by atoms with Crippen LogP contribution in [0.1, 0.15) is 10.4 Å². The molecule has 0 radical (unpaired) electrons. The number of thiazole rings is 1. The van der Waals surface area contributed by atoms with E-state index in [1.165, 1.54) is 11.3 Å². The average molecular weight is 441 g/mol. The van der Waals surface area contributed by atoms with Gasteiger partial charge in [-0.15, -0.1) is 0 Å². The van der Waals surface area contributed by atoms with Crippen LogP contribution in [0, 0.1) is 0 Å². The van der Waals surface area contributed by atoms with Gasteiger partial charge in [-0.3, -0.25) is 14.4 Å². The van der Waals surface area contributed by atoms with Crippen molar-refractivity contribution in [2.45, 2.75) is 6.54 Å². The Morgan fingerprint density at radius 1 is 0.938 bits per heavy atom. The third-order valence-corrected chi connectivity index (χ3v) is 5.99. The number of anilines is 1. The summed E-state index contributed by atoms with van der Waals surface area (Å²) in [4.78, 5) is 20.0. The second-order valence-electron chi connectivity index (χ2n) is 7.13. The van der Waals surface area contributed by atoms with Crippen LogP contribution < -0.4 is 9.64 Å². The number of hydrogen-bond acceptors (Lipinski definition) is 5. The lowest BCUT2D eigenvalue weighted by molar-refractivity contribution is 0.0985. The molecule has 7 heteroatoms. The number of ether oxygens (including phenoxy) is 1. The molecular formula is C25H20N4O2S. The number of carbonyl (C=O) groups is 1. The van der Waals surface area contributed by atoms with Gasteiger partial charge in [0.25, 0.3) is 5.91 Å². The molecule has 0 aliphatic heterocycles. The van der Waals surface area contributed by atoms with Gasteiger partial charge in [0, 0.05) is 24.5 Å². The summed E-state index contributed by atoms with van der Waals surface area (Å²) >= 11 is 1.51. The molecular weight excluding hydrogens is 420 g/mol. The minimum Gasteiger partial charge on any atom is -0.457 e. The second-order valence-corrected chi connectivity index (χ2v) is 8.14. The van der Waals surface area contributed by atoms with Crippen LogP contribution in [0.25, 0.3) is 10.2 Å². The predicted octanol–water partition coefficient (Wildman–Crippen LogP) is 5.63. The first-order valence-corrected chi connectivity index (χ1v) is 11.1. The standard InChI is InChI=1S/C25H20N4O2S/c30-24(19-8-6-11-21(18-19)31-20-9-2-1-3-10-20)29(17-16-28-15-7-14-26-28)25-27-22-12-4-5-13-23(22)32-25/h1-15,18H,16-17H2. The van der Waals surface area contributed by atoms with E-state index in [1.54, 1.807) is 23.2 Å². The molecule has 0 N–H and O–H groups in total. The normalized spacial score (nSPS) is 10.9. The van der Waals surface area contributed by atoms with Gasteiger partial charge in [-0.25, -0.2) is 4.98 Å². The third-order valence-electron chi connectivity index (χ3n) is 4.93. The van der Waals surface area contributed by atoms with E-state index < -0.39 is 0 Å². The molecule has 0 spiro atoms. The lowest BCUT2D eigenvalue weighted by atomic mass is 10.2. The average Bonchev–Trinajstić information content (AvgIpc) is 3.50. The zero-order valence-electron chi connectivity index (χ0n) is 17.2. The monoisotopic (exact) mass is 440 g/mol. The molecule has 0 bridgehead atoms. The fourth-order valence-corrected chi connectivity index (χ4v) is 4.36. The van der Waals surface area contributed by atoms with E-state index >= 15 is 0 Å². The number of rotatable bonds is 7.